The lowest BCUT2D eigenvalue weighted by molar-refractivity contribution is -0.287. The number of benzene rings is 1. The fourth-order valence-corrected chi connectivity index (χ4v) is 3.88. The molecule has 13 heteroatoms. The zero-order valence-electron chi connectivity index (χ0n) is 22.8. The second-order valence-electron chi connectivity index (χ2n) is 8.94. The summed E-state index contributed by atoms with van der Waals surface area (Å²) in [6.45, 7) is 6.26. The minimum absolute atomic E-state index is 0.0828. The van der Waals surface area contributed by atoms with Gasteiger partial charge in [0.1, 0.15) is 37.0 Å². The second-order valence-corrected chi connectivity index (χ2v) is 8.94. The highest BCUT2D eigenvalue weighted by Crippen LogP contribution is 2.29. The van der Waals surface area contributed by atoms with Crippen LogP contribution in [0.4, 0.5) is 0 Å². The minimum atomic E-state index is -1.22. The maximum Gasteiger partial charge on any atom is 0.328 e. The Morgan fingerprint density at radius 1 is 0.974 bits per heavy atom. The number of hydrogen-bond donors (Lipinski definition) is 2. The molecule has 0 unspecified atom stereocenters. The van der Waals surface area contributed by atoms with Crippen LogP contribution in [-0.2, 0) is 59.0 Å². The van der Waals surface area contributed by atoms with Crippen molar-refractivity contribution in [2.24, 2.45) is 0 Å². The van der Waals surface area contributed by atoms with Crippen molar-refractivity contribution in [2.45, 2.75) is 84.0 Å². The summed E-state index contributed by atoms with van der Waals surface area (Å²) in [5.41, 5.74) is 0.809. The molecule has 216 valence electrons. The number of carbonyl (C=O) groups excluding carboxylic acids is 5. The molecule has 1 heterocycles. The summed E-state index contributed by atoms with van der Waals surface area (Å²) in [5, 5.41) is 5.18. The molecule has 0 aromatic heterocycles. The van der Waals surface area contributed by atoms with Crippen LogP contribution in [0.25, 0.3) is 0 Å². The van der Waals surface area contributed by atoms with Crippen molar-refractivity contribution in [3.63, 3.8) is 0 Å². The van der Waals surface area contributed by atoms with Gasteiger partial charge >= 0.3 is 17.9 Å². The zero-order chi connectivity index (χ0) is 29.1. The average molecular weight is 553 g/mol. The molecular formula is C26H36N2O11. The third kappa shape index (κ3) is 9.93. The van der Waals surface area contributed by atoms with Crippen molar-refractivity contribution in [1.29, 1.82) is 0 Å². The van der Waals surface area contributed by atoms with E-state index in [1.807, 2.05) is 30.3 Å². The van der Waals surface area contributed by atoms with Crippen LogP contribution < -0.4 is 10.6 Å². The molecular weight excluding hydrogens is 516 g/mol. The lowest BCUT2D eigenvalue weighted by atomic mass is 9.95. The van der Waals surface area contributed by atoms with Gasteiger partial charge in [-0.25, -0.2) is 4.79 Å². The van der Waals surface area contributed by atoms with Gasteiger partial charge in [-0.2, -0.15) is 0 Å². The number of hydrogen-bond acceptors (Lipinski definition) is 11. The second kappa shape index (κ2) is 15.1. The molecule has 1 saturated heterocycles. The fraction of sp³-hybridized carbons (Fsp3) is 0.577. The van der Waals surface area contributed by atoms with Crippen molar-refractivity contribution < 1.29 is 52.4 Å². The first-order valence-corrected chi connectivity index (χ1v) is 12.3. The van der Waals surface area contributed by atoms with Crippen LogP contribution in [0.2, 0.25) is 0 Å². The predicted octanol–water partition coefficient (Wildman–Crippen LogP) is 0.379. The summed E-state index contributed by atoms with van der Waals surface area (Å²) in [6.07, 6.45) is -5.84. The summed E-state index contributed by atoms with van der Waals surface area (Å²) in [7, 11) is 1.19. The Hall–Kier alpha value is -3.55. The van der Waals surface area contributed by atoms with Crippen LogP contribution in [0, 0.1) is 0 Å². The minimum Gasteiger partial charge on any atom is -0.467 e. The molecule has 2 N–H and O–H groups in total. The smallest absolute Gasteiger partial charge is 0.328 e. The Kier molecular flexibility index (Phi) is 12.3. The number of rotatable bonds is 12. The summed E-state index contributed by atoms with van der Waals surface area (Å²) in [4.78, 5) is 60.4. The highest BCUT2D eigenvalue weighted by molar-refractivity contribution is 5.86. The molecule has 0 bridgehead atoms. The first-order chi connectivity index (χ1) is 18.4. The Labute approximate surface area is 226 Å². The molecule has 1 aliphatic heterocycles. The number of methoxy groups -OCH3 is 1. The summed E-state index contributed by atoms with van der Waals surface area (Å²) in [6, 6.07) is 7.14. The van der Waals surface area contributed by atoms with Crippen molar-refractivity contribution in [3.05, 3.63) is 35.9 Å². The third-order valence-corrected chi connectivity index (χ3v) is 5.67. The number of esters is 3. The van der Waals surface area contributed by atoms with Gasteiger partial charge in [-0.05, 0) is 19.4 Å². The third-order valence-electron chi connectivity index (χ3n) is 5.67. The first-order valence-electron chi connectivity index (χ1n) is 12.3. The van der Waals surface area contributed by atoms with E-state index in [4.69, 9.17) is 23.7 Å². The van der Waals surface area contributed by atoms with E-state index < -0.39 is 72.5 Å². The lowest BCUT2D eigenvalue weighted by Crippen LogP contribution is -2.67. The largest absolute Gasteiger partial charge is 0.467 e. The van der Waals surface area contributed by atoms with Gasteiger partial charge < -0.3 is 39.1 Å². The van der Waals surface area contributed by atoms with Crippen LogP contribution >= 0.6 is 0 Å². The van der Waals surface area contributed by atoms with Crippen molar-refractivity contribution in [1.82, 2.24) is 10.6 Å². The van der Waals surface area contributed by atoms with Gasteiger partial charge in [0.05, 0.1) is 13.7 Å². The van der Waals surface area contributed by atoms with Gasteiger partial charge in [-0.15, -0.1) is 0 Å². The van der Waals surface area contributed by atoms with Gasteiger partial charge in [0.25, 0.3) is 0 Å². The molecule has 39 heavy (non-hydrogen) atoms. The van der Waals surface area contributed by atoms with Crippen LogP contribution in [0.5, 0.6) is 0 Å². The molecule has 0 aliphatic carbocycles. The SMILES string of the molecule is COC(=O)[C@H](C)NC(=O)[C@@H](C)O[C@@H]1[C@@H](NC(C)=O)[C@@H](OCc2ccccc2)O[C@H](COC(C)=O)[C@H]1OC(C)=O. The van der Waals surface area contributed by atoms with E-state index in [1.165, 1.54) is 41.7 Å². The number of amides is 2. The van der Waals surface area contributed by atoms with Crippen molar-refractivity contribution in [3.8, 4) is 0 Å². The van der Waals surface area contributed by atoms with Gasteiger partial charge in [0, 0.05) is 20.8 Å². The summed E-state index contributed by atoms with van der Waals surface area (Å²) in [5.74, 6) is -3.10. The number of ether oxygens (including phenoxy) is 6. The number of carbonyl (C=O) groups is 5. The van der Waals surface area contributed by atoms with Crippen LogP contribution in [-0.4, -0.2) is 86.2 Å². The first kappa shape index (κ1) is 31.7. The molecule has 2 rings (SSSR count). The molecule has 7 atom stereocenters. The van der Waals surface area contributed by atoms with Gasteiger partial charge in [0.2, 0.25) is 11.8 Å². The Bertz CT molecular complexity index is 1000. The van der Waals surface area contributed by atoms with Gasteiger partial charge in [0.15, 0.2) is 12.4 Å². The van der Waals surface area contributed by atoms with Crippen molar-refractivity contribution in [2.75, 3.05) is 13.7 Å². The molecule has 0 saturated carbocycles. The van der Waals surface area contributed by atoms with E-state index in [0.29, 0.717) is 0 Å². The molecule has 0 spiro atoms. The monoisotopic (exact) mass is 552 g/mol. The normalized spacial score (nSPS) is 24.0. The Balaban J connectivity index is 2.40. The van der Waals surface area contributed by atoms with E-state index in [2.05, 4.69) is 15.4 Å². The Morgan fingerprint density at radius 2 is 1.64 bits per heavy atom. The molecule has 13 nitrogen and oxygen atoms in total. The summed E-state index contributed by atoms with van der Waals surface area (Å²) >= 11 is 0. The Morgan fingerprint density at radius 3 is 2.21 bits per heavy atom. The van der Waals surface area contributed by atoms with Crippen LogP contribution in [0.3, 0.4) is 0 Å². The quantitative estimate of drug-likeness (QED) is 0.272. The van der Waals surface area contributed by atoms with Crippen molar-refractivity contribution >= 4 is 29.7 Å². The number of nitrogens with one attached hydrogen (secondary N) is 2. The van der Waals surface area contributed by atoms with E-state index in [0.717, 1.165) is 5.56 Å². The topological polar surface area (TPSA) is 165 Å². The lowest BCUT2D eigenvalue weighted by Gasteiger charge is -2.46. The molecule has 1 aliphatic rings. The maximum absolute atomic E-state index is 12.8. The zero-order valence-corrected chi connectivity index (χ0v) is 22.8. The summed E-state index contributed by atoms with van der Waals surface area (Å²) < 4.78 is 33.3. The fourth-order valence-electron chi connectivity index (χ4n) is 3.88. The highest BCUT2D eigenvalue weighted by Gasteiger charge is 2.51. The maximum atomic E-state index is 12.8. The van der Waals surface area contributed by atoms with Crippen LogP contribution in [0.15, 0.2) is 30.3 Å². The van der Waals surface area contributed by atoms with E-state index >= 15 is 0 Å². The molecule has 1 aromatic carbocycles. The molecule has 1 aromatic rings. The highest BCUT2D eigenvalue weighted by atomic mass is 16.7. The predicted molar refractivity (Wildman–Crippen MR) is 134 cm³/mol. The standard InChI is InChI=1S/C26H36N2O11/c1-14(25(33)34-6)27-24(32)15(2)37-23-21(28-16(3)29)26(36-12-19-10-8-7-9-11-19)39-20(13-35-17(4)30)22(23)38-18(5)31/h7-11,14-15,20-23,26H,12-13H2,1-6H3,(H,27,32)(H,28,29)/t14-,15+,20+,21+,22+,23+,26-/m0/s1. The van der Waals surface area contributed by atoms with E-state index in [-0.39, 0.29) is 13.2 Å². The molecule has 2 amide bonds. The molecule has 0 radical (unpaired) electrons. The average Bonchev–Trinajstić information content (AvgIpc) is 2.88. The molecule has 1 fully saturated rings. The van der Waals surface area contributed by atoms with Crippen LogP contribution in [0.1, 0.15) is 40.2 Å². The van der Waals surface area contributed by atoms with E-state index in [1.54, 1.807) is 0 Å². The van der Waals surface area contributed by atoms with Gasteiger partial charge in [-0.3, -0.25) is 19.2 Å². The van der Waals surface area contributed by atoms with E-state index in [9.17, 15) is 24.0 Å². The van der Waals surface area contributed by atoms with Gasteiger partial charge in [-0.1, -0.05) is 30.3 Å².